The zero-order valence-electron chi connectivity index (χ0n) is 22.5. The second kappa shape index (κ2) is 20.4. The van der Waals surface area contributed by atoms with E-state index < -0.39 is 26.4 Å². The first-order valence-electron chi connectivity index (χ1n) is 14.2. The molecule has 0 amide bonds. The Kier molecular flexibility index (Phi) is 20.0. The third-order valence-electron chi connectivity index (χ3n) is 7.09. The Labute approximate surface area is 211 Å². The van der Waals surface area contributed by atoms with Crippen LogP contribution >= 0.6 is 0 Å². The Balaban J connectivity index is 4.21. The molecule has 5 nitrogen and oxygen atoms in total. The maximum atomic E-state index is 12.7. The van der Waals surface area contributed by atoms with E-state index in [9.17, 15) is 22.6 Å². The largest absolute Gasteiger partial charge is 0.297 e. The predicted molar refractivity (Wildman–Crippen MR) is 143 cm³/mol. The molecular weight excluding hydrogens is 448 g/mol. The van der Waals surface area contributed by atoms with Crippen LogP contribution in [0.5, 0.6) is 0 Å². The third-order valence-corrected chi connectivity index (χ3v) is 8.58. The molecule has 6 heteroatoms. The normalized spacial score (nSPS) is 12.2. The van der Waals surface area contributed by atoms with Crippen LogP contribution in [0.1, 0.15) is 162 Å². The summed E-state index contributed by atoms with van der Waals surface area (Å²) in [6.45, 7) is 5.51. The number of carbonyl (C=O) groups excluding carboxylic acids is 2. The first-order chi connectivity index (χ1) is 16.2. The zero-order valence-corrected chi connectivity index (χ0v) is 23.4. The molecule has 0 aliphatic heterocycles. The SMILES string of the molecule is CCCCCCCCCCCCC(=O)C(C)(C(=O)CCCCCCCCCCCC)S(=O)(=O)O. The van der Waals surface area contributed by atoms with Crippen molar-refractivity contribution >= 4 is 21.7 Å². The Morgan fingerprint density at radius 3 is 1.00 bits per heavy atom. The number of unbranched alkanes of at least 4 members (excludes halogenated alkanes) is 18. The van der Waals surface area contributed by atoms with Crippen LogP contribution in [-0.2, 0) is 19.7 Å². The van der Waals surface area contributed by atoms with Crippen LogP contribution in [0.2, 0.25) is 0 Å². The van der Waals surface area contributed by atoms with Crippen LogP contribution in [0.25, 0.3) is 0 Å². The maximum absolute atomic E-state index is 12.7. The lowest BCUT2D eigenvalue weighted by Gasteiger charge is -2.23. The van der Waals surface area contributed by atoms with Crippen LogP contribution < -0.4 is 0 Å². The van der Waals surface area contributed by atoms with E-state index in [2.05, 4.69) is 13.8 Å². The second-order valence-corrected chi connectivity index (χ2v) is 12.0. The van der Waals surface area contributed by atoms with E-state index in [1.54, 1.807) is 0 Å². The van der Waals surface area contributed by atoms with E-state index in [-0.39, 0.29) is 12.8 Å². The summed E-state index contributed by atoms with van der Waals surface area (Å²) in [5.41, 5.74) is 0. The molecule has 1 N–H and O–H groups in total. The Morgan fingerprint density at radius 2 is 0.765 bits per heavy atom. The predicted octanol–water partition coefficient (Wildman–Crippen LogP) is 8.39. The summed E-state index contributed by atoms with van der Waals surface area (Å²) >= 11 is 0. The highest BCUT2D eigenvalue weighted by molar-refractivity contribution is 7.89. The van der Waals surface area contributed by atoms with Crippen LogP contribution in [0, 0.1) is 0 Å². The third kappa shape index (κ3) is 14.6. The number of hydrogen-bond acceptors (Lipinski definition) is 4. The van der Waals surface area contributed by atoms with E-state index in [1.807, 2.05) is 0 Å². The molecule has 0 aromatic rings. The van der Waals surface area contributed by atoms with Gasteiger partial charge in [-0.25, -0.2) is 0 Å². The number of carbonyl (C=O) groups is 2. The summed E-state index contributed by atoms with van der Waals surface area (Å²) in [5, 5.41) is 0. The molecule has 0 saturated heterocycles. The molecule has 0 heterocycles. The molecule has 0 saturated carbocycles. The molecule has 0 rings (SSSR count). The van der Waals surface area contributed by atoms with Crippen molar-refractivity contribution in [1.82, 2.24) is 0 Å². The van der Waals surface area contributed by atoms with Crippen LogP contribution in [0.15, 0.2) is 0 Å². The van der Waals surface area contributed by atoms with Crippen LogP contribution in [0.3, 0.4) is 0 Å². The Hall–Kier alpha value is -0.750. The molecule has 0 aromatic heterocycles. The number of rotatable bonds is 25. The molecule has 0 bridgehead atoms. The van der Waals surface area contributed by atoms with Crippen molar-refractivity contribution in [2.75, 3.05) is 0 Å². The lowest BCUT2D eigenvalue weighted by molar-refractivity contribution is -0.130. The van der Waals surface area contributed by atoms with E-state index in [0.29, 0.717) is 12.8 Å². The van der Waals surface area contributed by atoms with Gasteiger partial charge in [-0.2, -0.15) is 8.42 Å². The van der Waals surface area contributed by atoms with Crippen molar-refractivity contribution in [1.29, 1.82) is 0 Å². The molecular formula is C28H54O5S. The molecule has 0 atom stereocenters. The topological polar surface area (TPSA) is 88.5 Å². The maximum Gasteiger partial charge on any atom is 0.284 e. The monoisotopic (exact) mass is 502 g/mol. The van der Waals surface area contributed by atoms with Gasteiger partial charge in [-0.15, -0.1) is 0 Å². The summed E-state index contributed by atoms with van der Waals surface area (Å²) in [7, 11) is -4.79. The van der Waals surface area contributed by atoms with Gasteiger partial charge >= 0.3 is 0 Å². The summed E-state index contributed by atoms with van der Waals surface area (Å²) in [4.78, 5) is 25.4. The van der Waals surface area contributed by atoms with Gasteiger partial charge in [-0.3, -0.25) is 14.1 Å². The first-order valence-corrected chi connectivity index (χ1v) is 15.7. The fourth-order valence-corrected chi connectivity index (χ4v) is 5.25. The first kappa shape index (κ1) is 33.2. The second-order valence-electron chi connectivity index (χ2n) is 10.2. The van der Waals surface area contributed by atoms with Crippen molar-refractivity contribution < 1.29 is 22.6 Å². The highest BCUT2D eigenvalue weighted by Gasteiger charge is 2.50. The van der Waals surface area contributed by atoms with Gasteiger partial charge in [0.05, 0.1) is 0 Å². The Morgan fingerprint density at radius 1 is 0.529 bits per heavy atom. The van der Waals surface area contributed by atoms with Gasteiger partial charge in [0.15, 0.2) is 11.6 Å². The van der Waals surface area contributed by atoms with Crippen molar-refractivity contribution in [3.8, 4) is 0 Å². The lowest BCUT2D eigenvalue weighted by Crippen LogP contribution is -2.50. The van der Waals surface area contributed by atoms with Gasteiger partial charge in [-0.05, 0) is 19.8 Å². The molecule has 0 fully saturated rings. The van der Waals surface area contributed by atoms with Gasteiger partial charge in [0, 0.05) is 12.8 Å². The number of Topliss-reactive ketones (excluding diaryl/α,β-unsaturated/α-hetero) is 2. The van der Waals surface area contributed by atoms with Crippen molar-refractivity contribution in [2.24, 2.45) is 0 Å². The van der Waals surface area contributed by atoms with Gasteiger partial charge in [0.1, 0.15) is 0 Å². The fourth-order valence-electron chi connectivity index (χ4n) is 4.47. The van der Waals surface area contributed by atoms with Gasteiger partial charge < -0.3 is 0 Å². The lowest BCUT2D eigenvalue weighted by atomic mass is 9.92. The van der Waals surface area contributed by atoms with E-state index in [1.165, 1.54) is 77.0 Å². The summed E-state index contributed by atoms with van der Waals surface area (Å²) in [6, 6.07) is 0. The minimum absolute atomic E-state index is 0.0244. The standard InChI is InChI=1S/C28H54O5S/c1-4-6-8-10-12-14-16-18-20-22-24-26(29)28(3,34(31,32)33)27(30)25-23-21-19-17-15-13-11-9-7-5-2/h4-25H2,1-3H3,(H,31,32,33). The molecule has 34 heavy (non-hydrogen) atoms. The average Bonchev–Trinajstić information content (AvgIpc) is 2.79. The zero-order chi connectivity index (χ0) is 25.7. The quantitative estimate of drug-likeness (QED) is 0.0769. The Bertz CT molecular complexity index is 591. The molecule has 0 aliphatic rings. The highest BCUT2D eigenvalue weighted by Crippen LogP contribution is 2.25. The molecule has 0 aliphatic carbocycles. The van der Waals surface area contributed by atoms with E-state index >= 15 is 0 Å². The van der Waals surface area contributed by atoms with E-state index in [4.69, 9.17) is 0 Å². The van der Waals surface area contributed by atoms with Crippen molar-refractivity contribution in [3.63, 3.8) is 0 Å². The van der Waals surface area contributed by atoms with Crippen molar-refractivity contribution in [2.45, 2.75) is 167 Å². The summed E-state index contributed by atoms with van der Waals surface area (Å²) in [6.07, 6.45) is 22.2. The van der Waals surface area contributed by atoms with Crippen molar-refractivity contribution in [3.05, 3.63) is 0 Å². The van der Waals surface area contributed by atoms with Crippen LogP contribution in [-0.4, -0.2) is 29.3 Å². The number of hydrogen-bond donors (Lipinski definition) is 1. The average molecular weight is 503 g/mol. The van der Waals surface area contributed by atoms with Crippen LogP contribution in [0.4, 0.5) is 0 Å². The van der Waals surface area contributed by atoms with Gasteiger partial charge in [-0.1, -0.05) is 129 Å². The molecule has 0 unspecified atom stereocenters. The molecule has 0 radical (unpaired) electrons. The van der Waals surface area contributed by atoms with E-state index in [0.717, 1.165) is 45.4 Å². The minimum Gasteiger partial charge on any atom is -0.297 e. The molecule has 202 valence electrons. The van der Waals surface area contributed by atoms with Gasteiger partial charge in [0.2, 0.25) is 4.75 Å². The molecule has 0 spiro atoms. The van der Waals surface area contributed by atoms with Gasteiger partial charge in [0.25, 0.3) is 10.1 Å². The summed E-state index contributed by atoms with van der Waals surface area (Å²) < 4.78 is 31.4. The smallest absolute Gasteiger partial charge is 0.284 e. The highest BCUT2D eigenvalue weighted by atomic mass is 32.2. The fraction of sp³-hybridized carbons (Fsp3) is 0.929. The molecule has 0 aromatic carbocycles. The number of ketones is 2. The minimum atomic E-state index is -4.79. The summed E-state index contributed by atoms with van der Waals surface area (Å²) in [5.74, 6) is -1.32.